The molecule has 0 heterocycles. The maximum atomic E-state index is 13.5. The van der Waals surface area contributed by atoms with Crippen LogP contribution in [0.25, 0.3) is 0 Å². The van der Waals surface area contributed by atoms with Gasteiger partial charge in [-0.3, -0.25) is 4.79 Å². The Hall–Kier alpha value is -1.38. The highest BCUT2D eigenvalue weighted by molar-refractivity contribution is 6.06. The van der Waals surface area contributed by atoms with Crippen LogP contribution in [0.3, 0.4) is 0 Å². The molecule has 1 aromatic carbocycles. The molecule has 0 amide bonds. The first-order valence-electron chi connectivity index (χ1n) is 4.90. The van der Waals surface area contributed by atoms with Crippen LogP contribution in [0, 0.1) is 18.2 Å². The fraction of sp³-hybridized carbons (Fsp3) is 0.417. The first kappa shape index (κ1) is 10.1. The molecule has 0 aliphatic heterocycles. The molecule has 0 bridgehead atoms. The lowest BCUT2D eigenvalue weighted by atomic mass is 9.88. The van der Waals surface area contributed by atoms with Crippen LogP contribution >= 0.6 is 0 Å². The molecule has 0 saturated heterocycles. The monoisotopic (exact) mass is 208 g/mol. The second kappa shape index (κ2) is 2.81. The van der Waals surface area contributed by atoms with Gasteiger partial charge in [0.2, 0.25) is 0 Å². The average Bonchev–Trinajstić information content (AvgIpc) is 2.36. The summed E-state index contributed by atoms with van der Waals surface area (Å²) in [7, 11) is 0. The number of phenols is 1. The highest BCUT2D eigenvalue weighted by atomic mass is 19.1. The number of halogens is 1. The number of aromatic hydroxyl groups is 1. The summed E-state index contributed by atoms with van der Waals surface area (Å²) in [6.45, 7) is 5.24. The van der Waals surface area contributed by atoms with Gasteiger partial charge in [0.1, 0.15) is 11.6 Å². The Kier molecular flexibility index (Phi) is 1.90. The number of fused-ring (bicyclic) bond motifs is 1. The van der Waals surface area contributed by atoms with Crippen molar-refractivity contribution in [3.8, 4) is 5.75 Å². The van der Waals surface area contributed by atoms with Gasteiger partial charge in [-0.25, -0.2) is 4.39 Å². The van der Waals surface area contributed by atoms with Crippen LogP contribution in [-0.2, 0) is 6.42 Å². The van der Waals surface area contributed by atoms with Gasteiger partial charge < -0.3 is 5.11 Å². The second-order valence-corrected chi connectivity index (χ2v) is 4.75. The van der Waals surface area contributed by atoms with Crippen LogP contribution in [0.1, 0.15) is 35.3 Å². The van der Waals surface area contributed by atoms with Gasteiger partial charge in [-0.2, -0.15) is 0 Å². The molecule has 0 fully saturated rings. The zero-order valence-corrected chi connectivity index (χ0v) is 9.02. The number of phenolic OH excluding ortho intramolecular Hbond substituents is 1. The van der Waals surface area contributed by atoms with Gasteiger partial charge in [-0.15, -0.1) is 0 Å². The lowest BCUT2D eigenvalue weighted by molar-refractivity contribution is 0.0862. The number of hydrogen-bond acceptors (Lipinski definition) is 2. The van der Waals surface area contributed by atoms with E-state index in [0.717, 1.165) is 6.07 Å². The van der Waals surface area contributed by atoms with Crippen LogP contribution in [0.2, 0.25) is 0 Å². The predicted molar refractivity (Wildman–Crippen MR) is 54.6 cm³/mol. The minimum atomic E-state index is -0.554. The molecule has 1 aliphatic carbocycles. The first-order chi connectivity index (χ1) is 6.84. The van der Waals surface area contributed by atoms with E-state index in [9.17, 15) is 14.3 Å². The molecule has 3 heteroatoms. The molecule has 1 aromatic rings. The summed E-state index contributed by atoms with van der Waals surface area (Å²) in [4.78, 5) is 12.0. The molecule has 1 aliphatic rings. The van der Waals surface area contributed by atoms with Gasteiger partial charge in [-0.1, -0.05) is 13.8 Å². The van der Waals surface area contributed by atoms with E-state index in [4.69, 9.17) is 0 Å². The van der Waals surface area contributed by atoms with Gasteiger partial charge in [-0.05, 0) is 13.3 Å². The molecule has 0 spiro atoms. The summed E-state index contributed by atoms with van der Waals surface area (Å²) in [6, 6.07) is 1.09. The molecule has 0 atom stereocenters. The third-order valence-corrected chi connectivity index (χ3v) is 3.07. The van der Waals surface area contributed by atoms with Gasteiger partial charge >= 0.3 is 0 Å². The van der Waals surface area contributed by atoms with Gasteiger partial charge in [0.25, 0.3) is 0 Å². The molecule has 80 valence electrons. The minimum absolute atomic E-state index is 0.0789. The Morgan fingerprint density at radius 2 is 2.07 bits per heavy atom. The number of benzene rings is 1. The Morgan fingerprint density at radius 1 is 1.47 bits per heavy atom. The quantitative estimate of drug-likeness (QED) is 0.711. The molecule has 0 saturated carbocycles. The van der Waals surface area contributed by atoms with Crippen LogP contribution in [-0.4, -0.2) is 10.9 Å². The SMILES string of the molecule is Cc1c(O)cc(F)c2c1C(=O)C(C)(C)C2. The van der Waals surface area contributed by atoms with E-state index in [2.05, 4.69) is 0 Å². The highest BCUT2D eigenvalue weighted by Crippen LogP contribution is 2.41. The lowest BCUT2D eigenvalue weighted by Crippen LogP contribution is -2.19. The summed E-state index contributed by atoms with van der Waals surface area (Å²) in [5, 5.41) is 9.46. The van der Waals surface area contributed by atoms with Crippen molar-refractivity contribution in [3.05, 3.63) is 28.6 Å². The minimum Gasteiger partial charge on any atom is -0.508 e. The van der Waals surface area contributed by atoms with E-state index in [-0.39, 0.29) is 11.5 Å². The summed E-state index contributed by atoms with van der Waals surface area (Å²) >= 11 is 0. The van der Waals surface area contributed by atoms with Crippen molar-refractivity contribution in [1.29, 1.82) is 0 Å². The van der Waals surface area contributed by atoms with E-state index in [1.54, 1.807) is 20.8 Å². The Labute approximate surface area is 87.7 Å². The van der Waals surface area contributed by atoms with Crippen molar-refractivity contribution >= 4 is 5.78 Å². The van der Waals surface area contributed by atoms with Crippen molar-refractivity contribution in [3.63, 3.8) is 0 Å². The summed E-state index contributed by atoms with van der Waals surface area (Å²) in [5.41, 5.74) is 0.752. The van der Waals surface area contributed by atoms with E-state index < -0.39 is 11.2 Å². The normalized spacial score (nSPS) is 18.0. The predicted octanol–water partition coefficient (Wildman–Crippen LogP) is 2.60. The van der Waals surface area contributed by atoms with Crippen molar-refractivity contribution in [2.24, 2.45) is 5.41 Å². The molecule has 0 unspecified atom stereocenters. The molecule has 2 rings (SSSR count). The number of Topliss-reactive ketones (excluding diaryl/α,β-unsaturated/α-hetero) is 1. The van der Waals surface area contributed by atoms with E-state index in [1.165, 1.54) is 0 Å². The average molecular weight is 208 g/mol. The third-order valence-electron chi connectivity index (χ3n) is 3.07. The number of rotatable bonds is 0. The molecular formula is C12H13FO2. The first-order valence-corrected chi connectivity index (χ1v) is 4.90. The molecular weight excluding hydrogens is 195 g/mol. The van der Waals surface area contributed by atoms with Crippen LogP contribution in [0.15, 0.2) is 6.07 Å². The van der Waals surface area contributed by atoms with Gasteiger partial charge in [0.15, 0.2) is 5.78 Å². The molecule has 2 nitrogen and oxygen atoms in total. The fourth-order valence-corrected chi connectivity index (χ4v) is 2.13. The molecule has 1 N–H and O–H groups in total. The van der Waals surface area contributed by atoms with Crippen LogP contribution in [0.5, 0.6) is 5.75 Å². The summed E-state index contributed by atoms with van der Waals surface area (Å²) in [6.07, 6.45) is 0.411. The van der Waals surface area contributed by atoms with E-state index in [0.29, 0.717) is 23.1 Å². The Morgan fingerprint density at radius 3 is 2.67 bits per heavy atom. The maximum Gasteiger partial charge on any atom is 0.169 e. The van der Waals surface area contributed by atoms with Crippen LogP contribution in [0.4, 0.5) is 4.39 Å². The number of carbonyl (C=O) groups excluding carboxylic acids is 1. The number of ketones is 1. The summed E-state index contributed by atoms with van der Waals surface area (Å²) < 4.78 is 13.5. The fourth-order valence-electron chi connectivity index (χ4n) is 2.13. The highest BCUT2D eigenvalue weighted by Gasteiger charge is 2.40. The lowest BCUT2D eigenvalue weighted by Gasteiger charge is -2.13. The topological polar surface area (TPSA) is 37.3 Å². The molecule has 0 aromatic heterocycles. The van der Waals surface area contributed by atoms with Crippen molar-refractivity contribution in [1.82, 2.24) is 0 Å². The molecule has 15 heavy (non-hydrogen) atoms. The molecule has 0 radical (unpaired) electrons. The van der Waals surface area contributed by atoms with Crippen LogP contribution < -0.4 is 0 Å². The maximum absolute atomic E-state index is 13.5. The Balaban J connectivity index is 2.75. The Bertz CT molecular complexity index is 461. The smallest absolute Gasteiger partial charge is 0.169 e. The zero-order valence-electron chi connectivity index (χ0n) is 9.02. The number of carbonyl (C=O) groups is 1. The second-order valence-electron chi connectivity index (χ2n) is 4.75. The largest absolute Gasteiger partial charge is 0.508 e. The van der Waals surface area contributed by atoms with E-state index in [1.807, 2.05) is 0 Å². The standard InChI is InChI=1S/C12H13FO2/c1-6-9(14)4-8(13)7-5-12(2,3)11(15)10(6)7/h4,14H,5H2,1-3H3. The van der Waals surface area contributed by atoms with Crippen molar-refractivity contribution in [2.75, 3.05) is 0 Å². The van der Waals surface area contributed by atoms with Gasteiger partial charge in [0.05, 0.1) is 0 Å². The zero-order chi connectivity index (χ0) is 11.4. The van der Waals surface area contributed by atoms with Crippen molar-refractivity contribution in [2.45, 2.75) is 27.2 Å². The third kappa shape index (κ3) is 1.26. The number of hydrogen-bond donors (Lipinski definition) is 1. The van der Waals surface area contributed by atoms with Crippen molar-refractivity contribution < 1.29 is 14.3 Å². The van der Waals surface area contributed by atoms with Gasteiger partial charge in [0, 0.05) is 28.2 Å². The van der Waals surface area contributed by atoms with E-state index >= 15 is 0 Å². The summed E-state index contributed by atoms with van der Waals surface area (Å²) in [5.74, 6) is -0.700.